The van der Waals surface area contributed by atoms with Crippen molar-refractivity contribution < 1.29 is 9.18 Å². The van der Waals surface area contributed by atoms with E-state index in [0.717, 1.165) is 32.1 Å². The molecular formula is C16H21FN2O. The Labute approximate surface area is 118 Å². The van der Waals surface area contributed by atoms with Crippen molar-refractivity contribution in [3.05, 3.63) is 35.6 Å². The Morgan fingerprint density at radius 1 is 1.25 bits per heavy atom. The lowest BCUT2D eigenvalue weighted by Gasteiger charge is -2.26. The second-order valence-corrected chi connectivity index (χ2v) is 6.06. The lowest BCUT2D eigenvalue weighted by atomic mass is 10.1. The summed E-state index contributed by atoms with van der Waals surface area (Å²) in [6.07, 6.45) is 4.66. The summed E-state index contributed by atoms with van der Waals surface area (Å²) in [5, 5.41) is 0. The number of nitrogens with zero attached hydrogens (tertiary/aromatic N) is 1. The van der Waals surface area contributed by atoms with Gasteiger partial charge in [-0.3, -0.25) is 4.79 Å². The van der Waals surface area contributed by atoms with Crippen LogP contribution in [0.25, 0.3) is 0 Å². The smallest absolute Gasteiger partial charge is 0.226 e. The van der Waals surface area contributed by atoms with Crippen molar-refractivity contribution in [2.45, 2.75) is 50.7 Å². The van der Waals surface area contributed by atoms with Crippen LogP contribution in [0.2, 0.25) is 0 Å². The van der Waals surface area contributed by atoms with Crippen LogP contribution in [0.5, 0.6) is 0 Å². The van der Waals surface area contributed by atoms with Crippen LogP contribution in [0.4, 0.5) is 4.39 Å². The van der Waals surface area contributed by atoms with E-state index in [4.69, 9.17) is 5.73 Å². The maximum absolute atomic E-state index is 13.8. The molecule has 2 atom stereocenters. The molecule has 2 aliphatic carbocycles. The van der Waals surface area contributed by atoms with Gasteiger partial charge < -0.3 is 10.6 Å². The molecule has 3 rings (SSSR count). The quantitative estimate of drug-likeness (QED) is 0.918. The van der Waals surface area contributed by atoms with E-state index in [2.05, 4.69) is 0 Å². The molecule has 2 fully saturated rings. The summed E-state index contributed by atoms with van der Waals surface area (Å²) in [7, 11) is 0. The van der Waals surface area contributed by atoms with E-state index in [1.165, 1.54) is 6.07 Å². The maximum atomic E-state index is 13.8. The van der Waals surface area contributed by atoms with Gasteiger partial charge in [-0.05, 0) is 38.2 Å². The van der Waals surface area contributed by atoms with Gasteiger partial charge in [0, 0.05) is 30.1 Å². The first kappa shape index (κ1) is 13.6. The van der Waals surface area contributed by atoms with E-state index >= 15 is 0 Å². The number of carbonyl (C=O) groups is 1. The van der Waals surface area contributed by atoms with Crippen molar-refractivity contribution in [2.24, 2.45) is 11.7 Å². The summed E-state index contributed by atoms with van der Waals surface area (Å²) in [5.41, 5.74) is 6.51. The number of halogens is 1. The van der Waals surface area contributed by atoms with Gasteiger partial charge in [-0.1, -0.05) is 18.2 Å². The van der Waals surface area contributed by atoms with Crippen LogP contribution >= 0.6 is 0 Å². The Morgan fingerprint density at radius 2 is 2.00 bits per heavy atom. The first-order valence-corrected chi connectivity index (χ1v) is 7.44. The van der Waals surface area contributed by atoms with Crippen LogP contribution in [-0.2, 0) is 11.3 Å². The molecule has 0 saturated heterocycles. The van der Waals surface area contributed by atoms with Crippen molar-refractivity contribution in [1.29, 1.82) is 0 Å². The summed E-state index contributed by atoms with van der Waals surface area (Å²) in [6.45, 7) is 0.391. The van der Waals surface area contributed by atoms with Gasteiger partial charge >= 0.3 is 0 Å². The lowest BCUT2D eigenvalue weighted by Crippen LogP contribution is -2.37. The maximum Gasteiger partial charge on any atom is 0.226 e. The predicted molar refractivity (Wildman–Crippen MR) is 75.3 cm³/mol. The average molecular weight is 276 g/mol. The van der Waals surface area contributed by atoms with Crippen molar-refractivity contribution in [1.82, 2.24) is 4.90 Å². The fourth-order valence-electron chi connectivity index (χ4n) is 3.06. The molecule has 20 heavy (non-hydrogen) atoms. The average Bonchev–Trinajstić information content (AvgIpc) is 3.18. The summed E-state index contributed by atoms with van der Waals surface area (Å²) < 4.78 is 13.8. The molecule has 2 N–H and O–H groups in total. The van der Waals surface area contributed by atoms with Gasteiger partial charge in [0.25, 0.3) is 0 Å². The highest BCUT2D eigenvalue weighted by Gasteiger charge is 2.38. The molecule has 4 heteroatoms. The third kappa shape index (κ3) is 2.85. The van der Waals surface area contributed by atoms with Gasteiger partial charge in [0.05, 0.1) is 0 Å². The molecule has 2 saturated carbocycles. The normalized spacial score (nSPS) is 25.7. The molecule has 1 amide bonds. The molecule has 0 aliphatic heterocycles. The molecule has 1 aromatic rings. The summed E-state index contributed by atoms with van der Waals surface area (Å²) in [4.78, 5) is 14.5. The summed E-state index contributed by atoms with van der Waals surface area (Å²) in [5.74, 6) is -0.0184. The Balaban J connectivity index is 1.73. The molecular weight excluding hydrogens is 255 g/mol. The van der Waals surface area contributed by atoms with Crippen molar-refractivity contribution in [3.63, 3.8) is 0 Å². The molecule has 0 heterocycles. The van der Waals surface area contributed by atoms with Crippen LogP contribution in [-0.4, -0.2) is 22.9 Å². The zero-order chi connectivity index (χ0) is 14.1. The van der Waals surface area contributed by atoms with Crippen LogP contribution in [0.15, 0.2) is 24.3 Å². The third-order valence-corrected chi connectivity index (χ3v) is 4.39. The summed E-state index contributed by atoms with van der Waals surface area (Å²) >= 11 is 0. The van der Waals surface area contributed by atoms with Crippen LogP contribution in [0, 0.1) is 11.7 Å². The van der Waals surface area contributed by atoms with Gasteiger partial charge in [0.2, 0.25) is 5.91 Å². The highest BCUT2D eigenvalue weighted by Crippen LogP contribution is 2.33. The molecule has 3 nitrogen and oxygen atoms in total. The lowest BCUT2D eigenvalue weighted by molar-refractivity contribution is -0.136. The minimum atomic E-state index is -0.228. The SMILES string of the molecule is NC1CCC(C(=O)N(Cc2ccccc2F)C2CC2)C1. The summed E-state index contributed by atoms with van der Waals surface area (Å²) in [6, 6.07) is 7.17. The number of nitrogens with two attached hydrogens (primary N) is 1. The predicted octanol–water partition coefficient (Wildman–Crippen LogP) is 2.44. The molecule has 0 bridgehead atoms. The van der Waals surface area contributed by atoms with E-state index in [9.17, 15) is 9.18 Å². The van der Waals surface area contributed by atoms with Crippen molar-refractivity contribution in [3.8, 4) is 0 Å². The largest absolute Gasteiger partial charge is 0.335 e. The highest BCUT2D eigenvalue weighted by atomic mass is 19.1. The zero-order valence-corrected chi connectivity index (χ0v) is 11.6. The fourth-order valence-corrected chi connectivity index (χ4v) is 3.06. The van der Waals surface area contributed by atoms with Crippen molar-refractivity contribution >= 4 is 5.91 Å². The molecule has 1 aromatic carbocycles. The van der Waals surface area contributed by atoms with Gasteiger partial charge in [-0.25, -0.2) is 4.39 Å². The highest BCUT2D eigenvalue weighted by molar-refractivity contribution is 5.80. The Morgan fingerprint density at radius 3 is 2.60 bits per heavy atom. The Hall–Kier alpha value is -1.42. The zero-order valence-electron chi connectivity index (χ0n) is 11.6. The minimum Gasteiger partial charge on any atom is -0.335 e. The van der Waals surface area contributed by atoms with E-state index < -0.39 is 0 Å². The fraction of sp³-hybridized carbons (Fsp3) is 0.562. The number of rotatable bonds is 4. The molecule has 0 spiro atoms. The number of hydrogen-bond acceptors (Lipinski definition) is 2. The first-order chi connectivity index (χ1) is 9.65. The minimum absolute atomic E-state index is 0.0392. The third-order valence-electron chi connectivity index (χ3n) is 4.39. The number of amides is 1. The van der Waals surface area contributed by atoms with E-state index in [1.807, 2.05) is 11.0 Å². The van der Waals surface area contributed by atoms with Crippen molar-refractivity contribution in [2.75, 3.05) is 0 Å². The van der Waals surface area contributed by atoms with E-state index in [1.54, 1.807) is 12.1 Å². The van der Waals surface area contributed by atoms with Crippen LogP contribution < -0.4 is 5.73 Å². The van der Waals surface area contributed by atoms with Gasteiger partial charge in [0.15, 0.2) is 0 Å². The number of benzene rings is 1. The molecule has 2 aliphatic rings. The molecule has 0 radical (unpaired) electrons. The number of hydrogen-bond donors (Lipinski definition) is 1. The molecule has 0 aromatic heterocycles. The molecule has 2 unspecified atom stereocenters. The van der Waals surface area contributed by atoms with Crippen LogP contribution in [0.3, 0.4) is 0 Å². The van der Waals surface area contributed by atoms with E-state index in [-0.39, 0.29) is 23.7 Å². The Bertz CT molecular complexity index is 501. The second kappa shape index (κ2) is 5.52. The van der Waals surface area contributed by atoms with Gasteiger partial charge in [-0.2, -0.15) is 0 Å². The monoisotopic (exact) mass is 276 g/mol. The molecule has 108 valence electrons. The Kier molecular flexibility index (Phi) is 3.74. The second-order valence-electron chi connectivity index (χ2n) is 6.06. The topological polar surface area (TPSA) is 46.3 Å². The first-order valence-electron chi connectivity index (χ1n) is 7.44. The van der Waals surface area contributed by atoms with Gasteiger partial charge in [0.1, 0.15) is 5.82 Å². The van der Waals surface area contributed by atoms with E-state index in [0.29, 0.717) is 18.2 Å². The van der Waals surface area contributed by atoms with Gasteiger partial charge in [-0.15, -0.1) is 0 Å². The standard InChI is InChI=1S/C16H21FN2O/c17-15-4-2-1-3-12(15)10-19(14-7-8-14)16(20)11-5-6-13(18)9-11/h1-4,11,13-14H,5-10,18H2. The van der Waals surface area contributed by atoms with Crippen LogP contribution in [0.1, 0.15) is 37.7 Å². The number of carbonyl (C=O) groups excluding carboxylic acids is 1.